The molecule has 1 fully saturated rings. The summed E-state index contributed by atoms with van der Waals surface area (Å²) in [6, 6.07) is 0. The van der Waals surface area contributed by atoms with Crippen LogP contribution in [-0.2, 0) is 38.4 Å². The second kappa shape index (κ2) is 120. The summed E-state index contributed by atoms with van der Waals surface area (Å²) in [6.45, 7) is 24.0. The standard InChI is InChI=1S/C17H35N.8C10H20O2/c1-2-3-4-5-6-7-8-9-10-12-15-18-16-13-11-14-17-18;8*1-2-3-4-5-6-7-8-9-10(11)12/h2-17H2,1H3;8*2-9H2,1H3,(H,11,12). The second-order valence-corrected chi connectivity index (χ2v) is 32.2. The van der Waals surface area contributed by atoms with E-state index in [1.165, 1.54) is 360 Å². The molecule has 8 N–H and O–H groups in total. The molecule has 114 heavy (non-hydrogen) atoms. The summed E-state index contributed by atoms with van der Waals surface area (Å²) >= 11 is 0. The van der Waals surface area contributed by atoms with Gasteiger partial charge in [0.15, 0.2) is 0 Å². The third kappa shape index (κ3) is 159. The molecule has 0 aromatic carbocycles. The van der Waals surface area contributed by atoms with E-state index in [1.807, 2.05) is 0 Å². The van der Waals surface area contributed by atoms with Gasteiger partial charge in [0.05, 0.1) is 0 Å². The highest BCUT2D eigenvalue weighted by atomic mass is 16.4. The van der Waals surface area contributed by atoms with Gasteiger partial charge in [0.2, 0.25) is 0 Å². The Morgan fingerprint density at radius 3 is 0.377 bits per heavy atom. The first-order valence-corrected chi connectivity index (χ1v) is 48.6. The second-order valence-electron chi connectivity index (χ2n) is 32.2. The zero-order chi connectivity index (χ0) is 86.8. The van der Waals surface area contributed by atoms with Gasteiger partial charge in [-0.15, -0.1) is 0 Å². The van der Waals surface area contributed by atoms with Crippen molar-refractivity contribution >= 4 is 47.8 Å². The van der Waals surface area contributed by atoms with E-state index in [2.05, 4.69) is 67.2 Å². The fourth-order valence-electron chi connectivity index (χ4n) is 12.9. The molecule has 0 aromatic rings. The van der Waals surface area contributed by atoms with E-state index in [0.717, 1.165) is 103 Å². The van der Waals surface area contributed by atoms with Crippen LogP contribution in [0.2, 0.25) is 0 Å². The van der Waals surface area contributed by atoms with Gasteiger partial charge in [-0.1, -0.05) is 435 Å². The number of aliphatic carboxylic acids is 8. The van der Waals surface area contributed by atoms with Crippen molar-refractivity contribution in [3.63, 3.8) is 0 Å². The van der Waals surface area contributed by atoms with Crippen molar-refractivity contribution in [1.82, 2.24) is 4.90 Å². The van der Waals surface area contributed by atoms with Crippen molar-refractivity contribution in [2.45, 2.75) is 557 Å². The fraction of sp³-hybridized carbons (Fsp3) is 0.918. The molecule has 1 saturated heterocycles. The molecule has 0 saturated carbocycles. The maximum atomic E-state index is 10.1. The highest BCUT2D eigenvalue weighted by Gasteiger charge is 2.09. The van der Waals surface area contributed by atoms with Gasteiger partial charge in [-0.05, 0) is 90.3 Å². The van der Waals surface area contributed by atoms with Crippen LogP contribution < -0.4 is 0 Å². The Kier molecular flexibility index (Phi) is 131. The summed E-state index contributed by atoms with van der Waals surface area (Å²) in [4.78, 5) is 83.8. The zero-order valence-corrected chi connectivity index (χ0v) is 76.9. The van der Waals surface area contributed by atoms with E-state index in [1.54, 1.807) is 0 Å². The Hall–Kier alpha value is -4.28. The molecule has 0 atom stereocenters. The molecule has 0 aliphatic carbocycles. The predicted octanol–water partition coefficient (Wildman–Crippen LogP) is 31.1. The molecule has 0 unspecified atom stereocenters. The van der Waals surface area contributed by atoms with Crippen LogP contribution in [0.1, 0.15) is 557 Å². The Balaban J connectivity index is -0.000000186. The zero-order valence-electron chi connectivity index (χ0n) is 76.9. The summed E-state index contributed by atoms with van der Waals surface area (Å²) in [7, 11) is 0. The maximum Gasteiger partial charge on any atom is 0.303 e. The van der Waals surface area contributed by atoms with Crippen molar-refractivity contribution in [3.8, 4) is 0 Å². The van der Waals surface area contributed by atoms with Crippen molar-refractivity contribution in [3.05, 3.63) is 0 Å². The van der Waals surface area contributed by atoms with Crippen LogP contribution in [-0.4, -0.2) is 113 Å². The predicted molar refractivity (Wildman–Crippen MR) is 484 cm³/mol. The summed E-state index contributed by atoms with van der Waals surface area (Å²) < 4.78 is 0. The SMILES string of the molecule is CCCCCCCCCC(=O)O.CCCCCCCCCC(=O)O.CCCCCCCCCC(=O)O.CCCCCCCCCC(=O)O.CCCCCCCCCC(=O)O.CCCCCCCCCC(=O)O.CCCCCCCCCC(=O)O.CCCCCCCCCC(=O)O.CCCCCCCCCCCCN1CCCCC1. The fourth-order valence-corrected chi connectivity index (χ4v) is 12.9. The first-order valence-electron chi connectivity index (χ1n) is 48.6. The summed E-state index contributed by atoms with van der Waals surface area (Å²) in [6.07, 6.45) is 88.1. The highest BCUT2D eigenvalue weighted by Crippen LogP contribution is 2.17. The number of rotatable bonds is 75. The molecule has 1 rings (SSSR count). The lowest BCUT2D eigenvalue weighted by Gasteiger charge is -2.26. The molecule has 17 heteroatoms. The van der Waals surface area contributed by atoms with Crippen LogP contribution in [0.25, 0.3) is 0 Å². The van der Waals surface area contributed by atoms with Gasteiger partial charge in [-0.3, -0.25) is 38.4 Å². The first-order chi connectivity index (χ1) is 55.1. The quantitative estimate of drug-likeness (QED) is 0.0262. The molecular weight excluding hydrogens is 1440 g/mol. The molecule has 0 aromatic heterocycles. The van der Waals surface area contributed by atoms with Crippen molar-refractivity contribution in [2.75, 3.05) is 19.6 Å². The van der Waals surface area contributed by atoms with Gasteiger partial charge in [0.1, 0.15) is 0 Å². The molecule has 0 amide bonds. The lowest BCUT2D eigenvalue weighted by molar-refractivity contribution is -0.138. The smallest absolute Gasteiger partial charge is 0.303 e. The third-order valence-corrected chi connectivity index (χ3v) is 20.2. The number of hydrogen-bond acceptors (Lipinski definition) is 9. The molecule has 17 nitrogen and oxygen atoms in total. The molecule has 0 radical (unpaired) electrons. The highest BCUT2D eigenvalue weighted by molar-refractivity contribution is 5.68. The van der Waals surface area contributed by atoms with Crippen LogP contribution in [0.3, 0.4) is 0 Å². The largest absolute Gasteiger partial charge is 0.481 e. The average molecular weight is 1630 g/mol. The number of carboxylic acid groups (broad SMARTS) is 8. The van der Waals surface area contributed by atoms with Gasteiger partial charge < -0.3 is 45.8 Å². The molecule has 0 spiro atoms. The molecule has 1 aliphatic heterocycles. The van der Waals surface area contributed by atoms with Gasteiger partial charge in [-0.25, -0.2) is 0 Å². The molecule has 684 valence electrons. The minimum Gasteiger partial charge on any atom is -0.481 e. The molecular formula is C97H195NO16. The van der Waals surface area contributed by atoms with Gasteiger partial charge in [0.25, 0.3) is 0 Å². The maximum absolute atomic E-state index is 10.1. The van der Waals surface area contributed by atoms with E-state index in [4.69, 9.17) is 40.9 Å². The average Bonchev–Trinajstić information content (AvgIpc) is 0.970. The topological polar surface area (TPSA) is 302 Å². The van der Waals surface area contributed by atoms with Crippen molar-refractivity contribution in [2.24, 2.45) is 0 Å². The lowest BCUT2D eigenvalue weighted by Crippen LogP contribution is -2.30. The summed E-state index contributed by atoms with van der Waals surface area (Å²) in [5, 5.41) is 66.8. The van der Waals surface area contributed by atoms with Gasteiger partial charge in [0, 0.05) is 51.4 Å². The molecule has 0 bridgehead atoms. The summed E-state index contributed by atoms with van der Waals surface area (Å²) in [5.74, 6) is -5.31. The van der Waals surface area contributed by atoms with Crippen molar-refractivity contribution in [1.29, 1.82) is 0 Å². The first kappa shape index (κ1) is 125. The van der Waals surface area contributed by atoms with E-state index in [0.29, 0.717) is 51.4 Å². The number of carboxylic acids is 8. The van der Waals surface area contributed by atoms with Crippen LogP contribution in [0.4, 0.5) is 0 Å². The molecule has 1 aliphatic rings. The monoisotopic (exact) mass is 1630 g/mol. The number of likely N-dealkylation sites (tertiary alicyclic amines) is 1. The van der Waals surface area contributed by atoms with Gasteiger partial charge >= 0.3 is 47.8 Å². The number of hydrogen-bond donors (Lipinski definition) is 8. The number of piperidine rings is 1. The Morgan fingerprint density at radius 2 is 0.263 bits per heavy atom. The van der Waals surface area contributed by atoms with Crippen molar-refractivity contribution < 1.29 is 79.2 Å². The Bertz CT molecular complexity index is 1540. The van der Waals surface area contributed by atoms with Crippen LogP contribution >= 0.6 is 0 Å². The number of nitrogens with zero attached hydrogens (tertiary/aromatic N) is 1. The Morgan fingerprint density at radius 1 is 0.158 bits per heavy atom. The van der Waals surface area contributed by atoms with Gasteiger partial charge in [-0.2, -0.15) is 0 Å². The number of carbonyl (C=O) groups is 8. The lowest BCUT2D eigenvalue weighted by atomic mass is 10.1. The molecule has 1 heterocycles. The van der Waals surface area contributed by atoms with E-state index in [9.17, 15) is 38.4 Å². The third-order valence-electron chi connectivity index (χ3n) is 20.2. The minimum atomic E-state index is -0.663. The van der Waals surface area contributed by atoms with Crippen LogP contribution in [0.5, 0.6) is 0 Å². The minimum absolute atomic E-state index is 0.341. The van der Waals surface area contributed by atoms with Crippen LogP contribution in [0, 0.1) is 0 Å². The Labute approximate surface area is 704 Å². The van der Waals surface area contributed by atoms with E-state index < -0.39 is 47.8 Å². The van der Waals surface area contributed by atoms with E-state index >= 15 is 0 Å². The van der Waals surface area contributed by atoms with Crippen LogP contribution in [0.15, 0.2) is 0 Å². The summed E-state index contributed by atoms with van der Waals surface area (Å²) in [5.41, 5.74) is 0. The number of unbranched alkanes of at least 4 members (excludes halogenated alkanes) is 57. The van der Waals surface area contributed by atoms with E-state index in [-0.39, 0.29) is 0 Å². The normalized spacial score (nSPS) is 11.2.